The van der Waals surface area contributed by atoms with Crippen LogP contribution in [-0.2, 0) is 0 Å². The van der Waals surface area contributed by atoms with Gasteiger partial charge < -0.3 is 5.32 Å². The SMILES string of the molecule is CCCNC(c1ccc(C)cc1)C(C)SC1CCCCC1. The van der Waals surface area contributed by atoms with E-state index in [-0.39, 0.29) is 0 Å². The Kier molecular flexibility index (Phi) is 7.12. The average Bonchev–Trinajstić information content (AvgIpc) is 2.50. The minimum atomic E-state index is 0.484. The first kappa shape index (κ1) is 16.9. The number of nitrogens with one attached hydrogen (secondary N) is 1. The van der Waals surface area contributed by atoms with Crippen LogP contribution in [0.15, 0.2) is 24.3 Å². The number of benzene rings is 1. The maximum atomic E-state index is 3.77. The largest absolute Gasteiger partial charge is 0.309 e. The summed E-state index contributed by atoms with van der Waals surface area (Å²) in [5.41, 5.74) is 2.80. The maximum absolute atomic E-state index is 3.77. The zero-order valence-electron chi connectivity index (χ0n) is 13.9. The van der Waals surface area contributed by atoms with Gasteiger partial charge in [-0.25, -0.2) is 0 Å². The molecule has 0 aromatic heterocycles. The molecule has 2 atom stereocenters. The smallest absolute Gasteiger partial charge is 0.0438 e. The molecule has 21 heavy (non-hydrogen) atoms. The number of aryl methyl sites for hydroxylation is 1. The van der Waals surface area contributed by atoms with Crippen LogP contribution in [0.5, 0.6) is 0 Å². The van der Waals surface area contributed by atoms with E-state index in [1.54, 1.807) is 0 Å². The highest BCUT2D eigenvalue weighted by Crippen LogP contribution is 2.36. The van der Waals surface area contributed by atoms with Crippen molar-refractivity contribution in [3.05, 3.63) is 35.4 Å². The van der Waals surface area contributed by atoms with E-state index in [2.05, 4.69) is 62.1 Å². The number of rotatable bonds is 7. The summed E-state index contributed by atoms with van der Waals surface area (Å²) in [6.45, 7) is 7.93. The molecule has 1 aliphatic rings. The molecule has 1 N–H and O–H groups in total. The summed E-state index contributed by atoms with van der Waals surface area (Å²) < 4.78 is 0. The second kappa shape index (κ2) is 8.85. The van der Waals surface area contributed by atoms with Crippen LogP contribution in [0, 0.1) is 6.92 Å². The lowest BCUT2D eigenvalue weighted by Crippen LogP contribution is -2.30. The predicted molar refractivity (Wildman–Crippen MR) is 96.1 cm³/mol. The van der Waals surface area contributed by atoms with Gasteiger partial charge in [-0.2, -0.15) is 11.8 Å². The topological polar surface area (TPSA) is 12.0 Å². The third-order valence-electron chi connectivity index (χ3n) is 4.48. The fourth-order valence-corrected chi connectivity index (χ4v) is 4.83. The molecule has 2 rings (SSSR count). The van der Waals surface area contributed by atoms with Crippen LogP contribution < -0.4 is 5.32 Å². The van der Waals surface area contributed by atoms with Crippen molar-refractivity contribution in [2.45, 2.75) is 75.8 Å². The first-order valence-corrected chi connectivity index (χ1v) is 9.60. The zero-order valence-corrected chi connectivity index (χ0v) is 14.7. The molecule has 0 spiro atoms. The van der Waals surface area contributed by atoms with Gasteiger partial charge in [0, 0.05) is 16.5 Å². The van der Waals surface area contributed by atoms with Gasteiger partial charge >= 0.3 is 0 Å². The summed E-state index contributed by atoms with van der Waals surface area (Å²) in [5, 5.41) is 5.29. The Morgan fingerprint density at radius 3 is 2.43 bits per heavy atom. The van der Waals surface area contributed by atoms with Gasteiger partial charge in [0.1, 0.15) is 0 Å². The summed E-state index contributed by atoms with van der Waals surface area (Å²) in [5.74, 6) is 0. The molecular weight excluding hydrogens is 274 g/mol. The van der Waals surface area contributed by atoms with E-state index >= 15 is 0 Å². The molecule has 1 nitrogen and oxygen atoms in total. The lowest BCUT2D eigenvalue weighted by Gasteiger charge is -2.30. The van der Waals surface area contributed by atoms with Crippen LogP contribution in [0.2, 0.25) is 0 Å². The molecule has 1 fully saturated rings. The molecule has 118 valence electrons. The molecule has 1 aromatic carbocycles. The molecular formula is C19H31NS. The first-order valence-electron chi connectivity index (χ1n) is 8.66. The quantitative estimate of drug-likeness (QED) is 0.715. The summed E-state index contributed by atoms with van der Waals surface area (Å²) in [4.78, 5) is 0. The molecule has 2 heteroatoms. The second-order valence-corrected chi connectivity index (χ2v) is 8.13. The van der Waals surface area contributed by atoms with Gasteiger partial charge in [0.15, 0.2) is 0 Å². The van der Waals surface area contributed by atoms with Crippen LogP contribution in [0.1, 0.15) is 69.5 Å². The monoisotopic (exact) mass is 305 g/mol. The summed E-state index contributed by atoms with van der Waals surface area (Å²) >= 11 is 2.22. The van der Waals surface area contributed by atoms with Crippen molar-refractivity contribution in [2.24, 2.45) is 0 Å². The Hall–Kier alpha value is -0.470. The van der Waals surface area contributed by atoms with Crippen molar-refractivity contribution in [3.8, 4) is 0 Å². The third-order valence-corrected chi connectivity index (χ3v) is 6.04. The van der Waals surface area contributed by atoms with Crippen molar-refractivity contribution in [3.63, 3.8) is 0 Å². The van der Waals surface area contributed by atoms with Gasteiger partial charge in [-0.15, -0.1) is 0 Å². The van der Waals surface area contributed by atoms with Crippen LogP contribution in [-0.4, -0.2) is 17.0 Å². The van der Waals surface area contributed by atoms with Crippen LogP contribution in [0.25, 0.3) is 0 Å². The van der Waals surface area contributed by atoms with Crippen LogP contribution in [0.4, 0.5) is 0 Å². The third kappa shape index (κ3) is 5.34. The Balaban J connectivity index is 2.01. The Morgan fingerprint density at radius 2 is 1.81 bits per heavy atom. The number of hydrogen-bond acceptors (Lipinski definition) is 2. The van der Waals surface area contributed by atoms with E-state index in [0.29, 0.717) is 11.3 Å². The van der Waals surface area contributed by atoms with Gasteiger partial charge in [-0.1, -0.05) is 62.9 Å². The van der Waals surface area contributed by atoms with Gasteiger partial charge in [0.2, 0.25) is 0 Å². The lowest BCUT2D eigenvalue weighted by molar-refractivity contribution is 0.502. The van der Waals surface area contributed by atoms with Gasteiger partial charge in [0.25, 0.3) is 0 Å². The lowest BCUT2D eigenvalue weighted by atomic mass is 10.0. The van der Waals surface area contributed by atoms with Crippen molar-refractivity contribution >= 4 is 11.8 Å². The van der Waals surface area contributed by atoms with E-state index in [1.807, 2.05) is 0 Å². The molecule has 0 heterocycles. The van der Waals surface area contributed by atoms with E-state index in [4.69, 9.17) is 0 Å². The summed E-state index contributed by atoms with van der Waals surface area (Å²) in [6.07, 6.45) is 8.35. The van der Waals surface area contributed by atoms with Crippen LogP contribution >= 0.6 is 11.8 Å². The summed E-state index contributed by atoms with van der Waals surface area (Å²) in [6, 6.07) is 9.58. The molecule has 2 unspecified atom stereocenters. The Labute approximate surface area is 135 Å². The zero-order chi connectivity index (χ0) is 15.1. The molecule has 1 aromatic rings. The van der Waals surface area contributed by atoms with Crippen LogP contribution in [0.3, 0.4) is 0 Å². The molecule has 1 aliphatic carbocycles. The number of thioether (sulfide) groups is 1. The standard InChI is InChI=1S/C19H31NS/c1-4-14-20-19(17-12-10-15(2)11-13-17)16(3)21-18-8-6-5-7-9-18/h10-13,16,18-20H,4-9,14H2,1-3H3. The summed E-state index contributed by atoms with van der Waals surface area (Å²) in [7, 11) is 0. The second-order valence-electron chi connectivity index (χ2n) is 6.44. The highest BCUT2D eigenvalue weighted by atomic mass is 32.2. The van der Waals surface area contributed by atoms with Crippen molar-refractivity contribution in [1.82, 2.24) is 5.32 Å². The Morgan fingerprint density at radius 1 is 1.14 bits per heavy atom. The van der Waals surface area contributed by atoms with E-state index in [0.717, 1.165) is 11.8 Å². The average molecular weight is 306 g/mol. The molecule has 0 aliphatic heterocycles. The molecule has 0 amide bonds. The molecule has 0 bridgehead atoms. The van der Waals surface area contributed by atoms with Crippen molar-refractivity contribution < 1.29 is 0 Å². The maximum Gasteiger partial charge on any atom is 0.0438 e. The highest BCUT2D eigenvalue weighted by molar-refractivity contribution is 8.00. The van der Waals surface area contributed by atoms with E-state index in [9.17, 15) is 0 Å². The molecule has 1 saturated carbocycles. The Bertz CT molecular complexity index is 395. The van der Waals surface area contributed by atoms with Crippen molar-refractivity contribution in [1.29, 1.82) is 0 Å². The predicted octanol–water partition coefficient (Wildman–Crippen LogP) is 5.49. The van der Waals surface area contributed by atoms with Gasteiger partial charge in [-0.05, 0) is 38.3 Å². The normalized spacial score (nSPS) is 19.4. The van der Waals surface area contributed by atoms with E-state index in [1.165, 1.54) is 49.7 Å². The van der Waals surface area contributed by atoms with E-state index < -0.39 is 0 Å². The van der Waals surface area contributed by atoms with Crippen molar-refractivity contribution in [2.75, 3.05) is 6.54 Å². The van der Waals surface area contributed by atoms with Gasteiger partial charge in [-0.3, -0.25) is 0 Å². The highest BCUT2D eigenvalue weighted by Gasteiger charge is 2.23. The molecule has 0 saturated heterocycles. The fraction of sp³-hybridized carbons (Fsp3) is 0.684. The minimum absolute atomic E-state index is 0.484. The first-order chi connectivity index (χ1) is 10.2. The van der Waals surface area contributed by atoms with Gasteiger partial charge in [0.05, 0.1) is 0 Å². The molecule has 0 radical (unpaired) electrons. The minimum Gasteiger partial charge on any atom is -0.309 e. The number of hydrogen-bond donors (Lipinski definition) is 1. The fourth-order valence-electron chi connectivity index (χ4n) is 3.21.